The van der Waals surface area contributed by atoms with Crippen LogP contribution in [0.3, 0.4) is 0 Å². The predicted molar refractivity (Wildman–Crippen MR) is 59.5 cm³/mol. The van der Waals surface area contributed by atoms with E-state index in [0.29, 0.717) is 0 Å². The molecule has 0 spiro atoms. The topological polar surface area (TPSA) is 12.4 Å². The van der Waals surface area contributed by atoms with E-state index in [0.717, 1.165) is 17.4 Å². The third-order valence-electron chi connectivity index (χ3n) is 2.37. The molecule has 0 saturated heterocycles. The summed E-state index contributed by atoms with van der Waals surface area (Å²) in [6, 6.07) is 6.39. The lowest BCUT2D eigenvalue weighted by atomic mass is 10.0. The van der Waals surface area contributed by atoms with Gasteiger partial charge in [-0.15, -0.1) is 0 Å². The number of halogens is 1. The van der Waals surface area contributed by atoms with Gasteiger partial charge in [0.05, 0.1) is 0 Å². The molecule has 2 heteroatoms. The van der Waals surface area contributed by atoms with Crippen molar-refractivity contribution in [2.75, 3.05) is 6.54 Å². The number of rotatable bonds is 1. The second-order valence-corrected chi connectivity index (χ2v) is 4.31. The van der Waals surface area contributed by atoms with Crippen molar-refractivity contribution in [1.82, 2.24) is 0 Å². The zero-order valence-corrected chi connectivity index (χ0v) is 9.26. The van der Waals surface area contributed by atoms with Gasteiger partial charge in [0, 0.05) is 16.7 Å². The van der Waals surface area contributed by atoms with Gasteiger partial charge in [-0.25, -0.2) is 0 Å². The first-order chi connectivity index (χ1) is 6.27. The highest BCUT2D eigenvalue weighted by Gasteiger charge is 2.10. The number of hydrogen-bond acceptors (Lipinski definition) is 1. The lowest BCUT2D eigenvalue weighted by Crippen LogP contribution is -1.98. The monoisotopic (exact) mass is 237 g/mol. The molecule has 1 aliphatic heterocycles. The van der Waals surface area contributed by atoms with Gasteiger partial charge in [0.15, 0.2) is 0 Å². The van der Waals surface area contributed by atoms with E-state index >= 15 is 0 Å². The summed E-state index contributed by atoms with van der Waals surface area (Å²) in [5, 5.41) is 0. The van der Waals surface area contributed by atoms with Crippen molar-refractivity contribution in [1.29, 1.82) is 0 Å². The molecule has 1 aromatic rings. The Bertz CT molecular complexity index is 355. The second kappa shape index (κ2) is 3.62. The number of benzene rings is 1. The molecule has 1 heterocycles. The summed E-state index contributed by atoms with van der Waals surface area (Å²) in [4.78, 5) is 4.50. The summed E-state index contributed by atoms with van der Waals surface area (Å²) in [7, 11) is 0. The van der Waals surface area contributed by atoms with Gasteiger partial charge in [-0.1, -0.05) is 22.0 Å². The molecule has 0 fully saturated rings. The molecular formula is C11H12BrN. The Kier molecular flexibility index (Phi) is 2.49. The van der Waals surface area contributed by atoms with Gasteiger partial charge >= 0.3 is 0 Å². The molecule has 0 atom stereocenters. The summed E-state index contributed by atoms with van der Waals surface area (Å²) in [6.07, 6.45) is 2.35. The summed E-state index contributed by atoms with van der Waals surface area (Å²) >= 11 is 3.46. The van der Waals surface area contributed by atoms with Crippen molar-refractivity contribution in [3.8, 4) is 0 Å². The van der Waals surface area contributed by atoms with Crippen LogP contribution in [0.5, 0.6) is 0 Å². The van der Waals surface area contributed by atoms with E-state index in [2.05, 4.69) is 46.0 Å². The maximum Gasteiger partial charge on any atom is 0.0423 e. The highest BCUT2D eigenvalue weighted by molar-refractivity contribution is 9.10. The van der Waals surface area contributed by atoms with Crippen LogP contribution >= 0.6 is 15.9 Å². The Morgan fingerprint density at radius 3 is 2.85 bits per heavy atom. The van der Waals surface area contributed by atoms with Crippen LogP contribution in [0.4, 0.5) is 0 Å². The van der Waals surface area contributed by atoms with E-state index in [9.17, 15) is 0 Å². The first-order valence-corrected chi connectivity index (χ1v) is 5.36. The van der Waals surface area contributed by atoms with E-state index in [1.54, 1.807) is 0 Å². The number of nitrogens with zero attached hydrogens (tertiary/aromatic N) is 1. The standard InChI is InChI=1S/C11H12BrN/c1-8-7-9(12)4-5-10(8)11-3-2-6-13-11/h4-5,7H,2-3,6H2,1H3. The molecule has 0 aliphatic carbocycles. The molecule has 0 unspecified atom stereocenters. The zero-order valence-electron chi connectivity index (χ0n) is 7.68. The summed E-state index contributed by atoms with van der Waals surface area (Å²) < 4.78 is 1.15. The van der Waals surface area contributed by atoms with Crippen LogP contribution in [-0.4, -0.2) is 12.3 Å². The number of aryl methyl sites for hydroxylation is 1. The summed E-state index contributed by atoms with van der Waals surface area (Å²) in [5.74, 6) is 0. The highest BCUT2D eigenvalue weighted by Crippen LogP contribution is 2.20. The van der Waals surface area contributed by atoms with E-state index < -0.39 is 0 Å². The molecule has 1 aliphatic rings. The van der Waals surface area contributed by atoms with Crippen molar-refractivity contribution in [2.24, 2.45) is 4.99 Å². The van der Waals surface area contributed by atoms with Crippen molar-refractivity contribution in [2.45, 2.75) is 19.8 Å². The van der Waals surface area contributed by atoms with Crippen LogP contribution in [0.2, 0.25) is 0 Å². The van der Waals surface area contributed by atoms with Crippen molar-refractivity contribution in [3.05, 3.63) is 33.8 Å². The van der Waals surface area contributed by atoms with E-state index in [4.69, 9.17) is 0 Å². The summed E-state index contributed by atoms with van der Waals surface area (Å²) in [5.41, 5.74) is 3.92. The quantitative estimate of drug-likeness (QED) is 0.711. The average molecular weight is 238 g/mol. The van der Waals surface area contributed by atoms with Gasteiger partial charge in [-0.2, -0.15) is 0 Å². The van der Waals surface area contributed by atoms with Gasteiger partial charge in [-0.3, -0.25) is 4.99 Å². The Balaban J connectivity index is 2.40. The molecular weight excluding hydrogens is 226 g/mol. The van der Waals surface area contributed by atoms with E-state index in [1.807, 2.05) is 0 Å². The highest BCUT2D eigenvalue weighted by atomic mass is 79.9. The van der Waals surface area contributed by atoms with Crippen LogP contribution in [0.25, 0.3) is 0 Å². The largest absolute Gasteiger partial charge is 0.289 e. The average Bonchev–Trinajstić information content (AvgIpc) is 2.56. The van der Waals surface area contributed by atoms with Gasteiger partial charge < -0.3 is 0 Å². The molecule has 0 radical (unpaired) electrons. The van der Waals surface area contributed by atoms with Crippen LogP contribution < -0.4 is 0 Å². The molecule has 0 bridgehead atoms. The van der Waals surface area contributed by atoms with Gasteiger partial charge in [-0.05, 0) is 43.0 Å². The minimum atomic E-state index is 1.00. The van der Waals surface area contributed by atoms with Crippen molar-refractivity contribution in [3.63, 3.8) is 0 Å². The smallest absolute Gasteiger partial charge is 0.0423 e. The molecule has 0 amide bonds. The Morgan fingerprint density at radius 1 is 1.38 bits per heavy atom. The van der Waals surface area contributed by atoms with E-state index in [1.165, 1.54) is 23.3 Å². The first kappa shape index (κ1) is 8.95. The van der Waals surface area contributed by atoms with Crippen molar-refractivity contribution >= 4 is 21.6 Å². The first-order valence-electron chi connectivity index (χ1n) is 4.57. The van der Waals surface area contributed by atoms with Crippen LogP contribution in [-0.2, 0) is 0 Å². The fourth-order valence-electron chi connectivity index (χ4n) is 1.71. The lowest BCUT2D eigenvalue weighted by molar-refractivity contribution is 0.951. The van der Waals surface area contributed by atoms with Gasteiger partial charge in [0.1, 0.15) is 0 Å². The minimum absolute atomic E-state index is 1.00. The predicted octanol–water partition coefficient (Wildman–Crippen LogP) is 3.34. The molecule has 0 saturated carbocycles. The van der Waals surface area contributed by atoms with Crippen LogP contribution in [0, 0.1) is 6.92 Å². The van der Waals surface area contributed by atoms with Crippen LogP contribution in [0.15, 0.2) is 27.7 Å². The fraction of sp³-hybridized carbons (Fsp3) is 0.364. The number of aliphatic imine (C=N–C) groups is 1. The molecule has 1 aromatic carbocycles. The maximum absolute atomic E-state index is 4.50. The maximum atomic E-state index is 4.50. The normalized spacial score (nSPS) is 16.0. The molecule has 2 rings (SSSR count). The fourth-order valence-corrected chi connectivity index (χ4v) is 2.19. The SMILES string of the molecule is Cc1cc(Br)ccc1C1=NCCC1. The molecule has 13 heavy (non-hydrogen) atoms. The molecule has 68 valence electrons. The lowest BCUT2D eigenvalue weighted by Gasteiger charge is -2.05. The Morgan fingerprint density at radius 2 is 2.23 bits per heavy atom. The Hall–Kier alpha value is -0.630. The molecule has 1 nitrogen and oxygen atoms in total. The van der Waals surface area contributed by atoms with Gasteiger partial charge in [0.25, 0.3) is 0 Å². The number of hydrogen-bond donors (Lipinski definition) is 0. The van der Waals surface area contributed by atoms with E-state index in [-0.39, 0.29) is 0 Å². The zero-order chi connectivity index (χ0) is 9.26. The Labute approximate surface area is 87.0 Å². The van der Waals surface area contributed by atoms with Crippen molar-refractivity contribution < 1.29 is 0 Å². The second-order valence-electron chi connectivity index (χ2n) is 3.39. The van der Waals surface area contributed by atoms with Crippen LogP contribution in [0.1, 0.15) is 24.0 Å². The van der Waals surface area contributed by atoms with Gasteiger partial charge in [0.2, 0.25) is 0 Å². The third kappa shape index (κ3) is 1.83. The molecule has 0 N–H and O–H groups in total. The third-order valence-corrected chi connectivity index (χ3v) is 2.87. The molecule has 0 aromatic heterocycles. The summed E-state index contributed by atoms with van der Waals surface area (Å²) in [6.45, 7) is 3.14. The minimum Gasteiger partial charge on any atom is -0.289 e.